The van der Waals surface area contributed by atoms with E-state index in [2.05, 4.69) is 11.1 Å². The lowest BCUT2D eigenvalue weighted by atomic mass is 9.76. The number of nitrogens with two attached hydrogens (primary N) is 1. The third-order valence-electron chi connectivity index (χ3n) is 5.49. The summed E-state index contributed by atoms with van der Waals surface area (Å²) < 4.78 is 11.6. The van der Waals surface area contributed by atoms with Gasteiger partial charge < -0.3 is 15.2 Å². The second-order valence-electron chi connectivity index (χ2n) is 7.76. The second kappa shape index (κ2) is 6.61. The molecular formula is C22H22N4O3. The molecule has 2 aromatic rings. The average molecular weight is 390 g/mol. The van der Waals surface area contributed by atoms with Gasteiger partial charge in [-0.3, -0.25) is 9.69 Å². The number of rotatable bonds is 3. The van der Waals surface area contributed by atoms with Gasteiger partial charge in [-0.1, -0.05) is 18.2 Å². The van der Waals surface area contributed by atoms with Crippen LogP contribution in [0.4, 0.5) is 0 Å². The van der Waals surface area contributed by atoms with E-state index in [1.165, 1.54) is 4.90 Å². The number of amides is 1. The molecule has 1 amide bonds. The standard InChI is InChI=1S/C22H22N4O3/c1-21(13-28-3)12-22(19(27)26(2)20(24)25-22)17-10-16(7-8-18(17)29-21)15-6-4-5-14(9-15)11-23/h4-10H,12-13H2,1-3H3,(H2,24,25)/t21-,22?/m1/s1. The predicted octanol–water partition coefficient (Wildman–Crippen LogP) is 2.39. The van der Waals surface area contributed by atoms with Crippen LogP contribution in [0.15, 0.2) is 47.5 Å². The number of benzene rings is 2. The molecule has 7 heteroatoms. The molecule has 2 heterocycles. The van der Waals surface area contributed by atoms with E-state index in [1.807, 2.05) is 43.3 Å². The molecule has 0 bridgehead atoms. The van der Waals surface area contributed by atoms with E-state index in [1.54, 1.807) is 20.2 Å². The maximum atomic E-state index is 13.3. The molecule has 2 N–H and O–H groups in total. The summed E-state index contributed by atoms with van der Waals surface area (Å²) in [6.07, 6.45) is 0.312. The Balaban J connectivity index is 1.90. The fourth-order valence-electron chi connectivity index (χ4n) is 4.20. The van der Waals surface area contributed by atoms with Gasteiger partial charge in [0, 0.05) is 26.1 Å². The number of guanidine groups is 1. The van der Waals surface area contributed by atoms with Crippen molar-refractivity contribution in [1.82, 2.24) is 4.90 Å². The van der Waals surface area contributed by atoms with Crippen LogP contribution in [0.2, 0.25) is 0 Å². The van der Waals surface area contributed by atoms with E-state index in [0.717, 1.165) is 11.1 Å². The van der Waals surface area contributed by atoms with Gasteiger partial charge in [-0.2, -0.15) is 5.26 Å². The third kappa shape index (κ3) is 2.93. The Hall–Kier alpha value is -3.37. The molecule has 2 aromatic carbocycles. The zero-order chi connectivity index (χ0) is 20.8. The maximum absolute atomic E-state index is 13.3. The Bertz CT molecular complexity index is 1070. The summed E-state index contributed by atoms with van der Waals surface area (Å²) in [5, 5.41) is 9.21. The molecule has 2 atom stereocenters. The van der Waals surface area contributed by atoms with Crippen molar-refractivity contribution in [2.45, 2.75) is 24.5 Å². The summed E-state index contributed by atoms with van der Waals surface area (Å²) in [6.45, 7) is 2.22. The number of methoxy groups -OCH3 is 1. The van der Waals surface area contributed by atoms with E-state index >= 15 is 0 Å². The van der Waals surface area contributed by atoms with Crippen molar-refractivity contribution in [1.29, 1.82) is 5.26 Å². The number of ether oxygens (including phenoxy) is 2. The second-order valence-corrected chi connectivity index (χ2v) is 7.76. The fourth-order valence-corrected chi connectivity index (χ4v) is 4.20. The first-order chi connectivity index (χ1) is 13.8. The van der Waals surface area contributed by atoms with E-state index < -0.39 is 11.1 Å². The van der Waals surface area contributed by atoms with Crippen LogP contribution in [0.5, 0.6) is 5.75 Å². The third-order valence-corrected chi connectivity index (χ3v) is 5.49. The Morgan fingerprint density at radius 3 is 2.72 bits per heavy atom. The van der Waals surface area contributed by atoms with Crippen molar-refractivity contribution in [3.63, 3.8) is 0 Å². The van der Waals surface area contributed by atoms with E-state index in [-0.39, 0.29) is 11.9 Å². The van der Waals surface area contributed by atoms with Gasteiger partial charge in [0.2, 0.25) is 0 Å². The summed E-state index contributed by atoms with van der Waals surface area (Å²) >= 11 is 0. The van der Waals surface area contributed by atoms with E-state index in [4.69, 9.17) is 15.2 Å². The van der Waals surface area contributed by atoms with Crippen LogP contribution in [0.3, 0.4) is 0 Å². The molecule has 2 aliphatic heterocycles. The average Bonchev–Trinajstić information content (AvgIpc) is 2.91. The Morgan fingerprint density at radius 2 is 2.07 bits per heavy atom. The smallest absolute Gasteiger partial charge is 0.261 e. The van der Waals surface area contributed by atoms with Gasteiger partial charge in [0.1, 0.15) is 11.4 Å². The van der Waals surface area contributed by atoms with Crippen LogP contribution in [0, 0.1) is 11.3 Å². The van der Waals surface area contributed by atoms with E-state index in [0.29, 0.717) is 29.9 Å². The molecule has 0 saturated carbocycles. The number of likely N-dealkylation sites (N-methyl/N-ethyl adjacent to an activating group) is 1. The van der Waals surface area contributed by atoms with Crippen LogP contribution in [0.1, 0.15) is 24.5 Å². The van der Waals surface area contributed by atoms with Crippen molar-refractivity contribution in [2.24, 2.45) is 10.7 Å². The number of nitrogens with zero attached hydrogens (tertiary/aromatic N) is 3. The molecule has 2 aliphatic rings. The zero-order valence-corrected chi connectivity index (χ0v) is 16.6. The van der Waals surface area contributed by atoms with Crippen molar-refractivity contribution in [3.8, 4) is 22.9 Å². The highest BCUT2D eigenvalue weighted by molar-refractivity contribution is 6.07. The van der Waals surface area contributed by atoms with Gasteiger partial charge in [0.25, 0.3) is 5.91 Å². The Kier molecular flexibility index (Phi) is 4.32. The predicted molar refractivity (Wildman–Crippen MR) is 108 cm³/mol. The van der Waals surface area contributed by atoms with Gasteiger partial charge in [-0.25, -0.2) is 4.99 Å². The zero-order valence-electron chi connectivity index (χ0n) is 16.6. The first-order valence-electron chi connectivity index (χ1n) is 9.28. The maximum Gasteiger partial charge on any atom is 0.261 e. The van der Waals surface area contributed by atoms with E-state index in [9.17, 15) is 10.1 Å². The van der Waals surface area contributed by atoms with Gasteiger partial charge in [-0.05, 0) is 42.3 Å². The van der Waals surface area contributed by atoms with Crippen molar-refractivity contribution >= 4 is 11.9 Å². The molecule has 0 aliphatic carbocycles. The number of carbonyl (C=O) groups is 1. The molecule has 4 rings (SSSR count). The Labute approximate surface area is 169 Å². The number of hydrogen-bond donors (Lipinski definition) is 1. The lowest BCUT2D eigenvalue weighted by molar-refractivity contribution is -0.135. The van der Waals surface area contributed by atoms with Gasteiger partial charge >= 0.3 is 0 Å². The Morgan fingerprint density at radius 1 is 1.31 bits per heavy atom. The highest BCUT2D eigenvalue weighted by atomic mass is 16.5. The number of aliphatic imine (C=N–C) groups is 1. The van der Waals surface area contributed by atoms with Crippen LogP contribution in [0.25, 0.3) is 11.1 Å². The number of hydrogen-bond acceptors (Lipinski definition) is 6. The van der Waals surface area contributed by atoms with Crippen LogP contribution in [-0.4, -0.2) is 43.1 Å². The summed E-state index contributed by atoms with van der Waals surface area (Å²) in [6, 6.07) is 15.1. The topological polar surface area (TPSA) is 101 Å². The van der Waals surface area contributed by atoms with Gasteiger partial charge in [-0.15, -0.1) is 0 Å². The monoisotopic (exact) mass is 390 g/mol. The molecule has 0 aromatic heterocycles. The molecule has 7 nitrogen and oxygen atoms in total. The quantitative estimate of drug-likeness (QED) is 0.867. The number of nitriles is 1. The van der Waals surface area contributed by atoms with Crippen molar-refractivity contribution in [3.05, 3.63) is 53.6 Å². The molecule has 148 valence electrons. The van der Waals surface area contributed by atoms with Gasteiger partial charge in [0.05, 0.1) is 18.2 Å². The minimum atomic E-state index is -1.16. The lowest BCUT2D eigenvalue weighted by Crippen LogP contribution is -2.52. The normalized spacial score (nSPS) is 25.4. The lowest BCUT2D eigenvalue weighted by Gasteiger charge is -2.42. The SMILES string of the molecule is COC[C@@]1(C)CC2(N=C(N)N(C)C2=O)c2cc(-c3cccc(C#N)c3)ccc2O1. The molecular weight excluding hydrogens is 368 g/mol. The van der Waals surface area contributed by atoms with Crippen LogP contribution >= 0.6 is 0 Å². The van der Waals surface area contributed by atoms with Crippen LogP contribution < -0.4 is 10.5 Å². The fraction of sp³-hybridized carbons (Fsp3) is 0.318. The molecule has 1 unspecified atom stereocenters. The molecule has 29 heavy (non-hydrogen) atoms. The first-order valence-corrected chi connectivity index (χ1v) is 9.28. The van der Waals surface area contributed by atoms with Crippen molar-refractivity contribution in [2.75, 3.05) is 20.8 Å². The largest absolute Gasteiger partial charge is 0.485 e. The minimum absolute atomic E-state index is 0.180. The first kappa shape index (κ1) is 19.0. The molecule has 0 saturated heterocycles. The van der Waals surface area contributed by atoms with Gasteiger partial charge in [0.15, 0.2) is 11.5 Å². The highest BCUT2D eigenvalue weighted by Crippen LogP contribution is 2.50. The van der Waals surface area contributed by atoms with Crippen LogP contribution in [-0.2, 0) is 15.1 Å². The summed E-state index contributed by atoms with van der Waals surface area (Å²) in [5.74, 6) is 0.570. The molecule has 1 spiro atoms. The number of fused-ring (bicyclic) bond motifs is 2. The summed E-state index contributed by atoms with van der Waals surface area (Å²) in [5.41, 5.74) is 7.12. The summed E-state index contributed by atoms with van der Waals surface area (Å²) in [4.78, 5) is 19.3. The number of carbonyl (C=O) groups excluding carboxylic acids is 1. The van der Waals surface area contributed by atoms with Crippen molar-refractivity contribution < 1.29 is 14.3 Å². The molecule has 0 fully saturated rings. The molecule has 0 radical (unpaired) electrons. The minimum Gasteiger partial charge on any atom is -0.485 e. The summed E-state index contributed by atoms with van der Waals surface area (Å²) in [7, 11) is 3.22. The highest BCUT2D eigenvalue weighted by Gasteiger charge is 2.56.